The number of fused-ring (bicyclic) bond motifs is 1. The lowest BCUT2D eigenvalue weighted by molar-refractivity contribution is -0.116. The number of carbonyl (C=O) groups excluding carboxylic acids is 1. The zero-order valence-corrected chi connectivity index (χ0v) is 15.3. The van der Waals surface area contributed by atoms with Gasteiger partial charge in [0.2, 0.25) is 21.8 Å². The van der Waals surface area contributed by atoms with Gasteiger partial charge in [-0.25, -0.2) is 13.4 Å². The normalized spacial score (nSPS) is 24.1. The number of sulfonamides is 1. The third kappa shape index (κ3) is 3.45. The van der Waals surface area contributed by atoms with E-state index in [2.05, 4.69) is 16.9 Å². The molecule has 1 aromatic heterocycles. The van der Waals surface area contributed by atoms with Gasteiger partial charge in [0, 0.05) is 25.2 Å². The molecular formula is C19H19N3O4S. The maximum absolute atomic E-state index is 12.8. The topological polar surface area (TPSA) is 88.6 Å². The Morgan fingerprint density at radius 2 is 1.89 bits per heavy atom. The molecule has 1 aliphatic heterocycles. The van der Waals surface area contributed by atoms with Gasteiger partial charge < -0.3 is 10.1 Å². The SMILES string of the molecule is C=CC(=O)NC1C2CN(S(=O)(=O)c3ccc(Oc4ccccc4)nc3)CC21. The molecule has 1 saturated heterocycles. The second-order valence-corrected chi connectivity index (χ2v) is 8.57. The fourth-order valence-corrected chi connectivity index (χ4v) is 4.92. The molecule has 1 N–H and O–H groups in total. The van der Waals surface area contributed by atoms with Gasteiger partial charge >= 0.3 is 0 Å². The molecule has 140 valence electrons. The van der Waals surface area contributed by atoms with Crippen LogP contribution in [-0.4, -0.2) is 42.7 Å². The largest absolute Gasteiger partial charge is 0.439 e. The highest BCUT2D eigenvalue weighted by Crippen LogP contribution is 2.47. The summed E-state index contributed by atoms with van der Waals surface area (Å²) in [6, 6.07) is 12.3. The summed E-state index contributed by atoms with van der Waals surface area (Å²) in [5.74, 6) is 1.07. The lowest BCUT2D eigenvalue weighted by Gasteiger charge is -2.19. The van der Waals surface area contributed by atoms with Crippen molar-refractivity contribution in [3.63, 3.8) is 0 Å². The zero-order chi connectivity index (χ0) is 19.0. The molecule has 1 amide bonds. The van der Waals surface area contributed by atoms with Crippen molar-refractivity contribution in [3.8, 4) is 11.6 Å². The van der Waals surface area contributed by atoms with Crippen LogP contribution in [0.4, 0.5) is 0 Å². The van der Waals surface area contributed by atoms with E-state index in [1.54, 1.807) is 18.2 Å². The van der Waals surface area contributed by atoms with E-state index < -0.39 is 10.0 Å². The summed E-state index contributed by atoms with van der Waals surface area (Å²) in [6.45, 7) is 4.23. The summed E-state index contributed by atoms with van der Waals surface area (Å²) in [5, 5.41) is 2.84. The number of nitrogens with zero attached hydrogens (tertiary/aromatic N) is 2. The van der Waals surface area contributed by atoms with Gasteiger partial charge in [-0.3, -0.25) is 4.79 Å². The van der Waals surface area contributed by atoms with Crippen molar-refractivity contribution in [2.24, 2.45) is 11.8 Å². The van der Waals surface area contributed by atoms with E-state index in [9.17, 15) is 13.2 Å². The highest BCUT2D eigenvalue weighted by atomic mass is 32.2. The number of carbonyl (C=O) groups is 1. The molecule has 8 heteroatoms. The molecule has 0 bridgehead atoms. The maximum atomic E-state index is 12.8. The fraction of sp³-hybridized carbons (Fsp3) is 0.263. The predicted octanol–water partition coefficient (Wildman–Crippen LogP) is 1.79. The van der Waals surface area contributed by atoms with E-state index in [1.807, 2.05) is 18.2 Å². The van der Waals surface area contributed by atoms with Crippen LogP contribution in [0.25, 0.3) is 0 Å². The molecule has 1 saturated carbocycles. The maximum Gasteiger partial charge on any atom is 0.244 e. The standard InChI is InChI=1S/C19H19N3O4S/c1-2-17(23)21-19-15-11-22(12-16(15)19)27(24,25)14-8-9-18(20-10-14)26-13-6-4-3-5-7-13/h2-10,15-16,19H,1,11-12H2,(H,21,23). The van der Waals surface area contributed by atoms with Crippen molar-refractivity contribution in [3.05, 3.63) is 61.3 Å². The van der Waals surface area contributed by atoms with E-state index in [1.165, 1.54) is 22.6 Å². The Kier molecular flexibility index (Phi) is 4.45. The molecule has 2 heterocycles. The molecule has 0 spiro atoms. The van der Waals surface area contributed by atoms with Gasteiger partial charge in [0.25, 0.3) is 0 Å². The van der Waals surface area contributed by atoms with Gasteiger partial charge in [-0.2, -0.15) is 4.31 Å². The summed E-state index contributed by atoms with van der Waals surface area (Å²) in [4.78, 5) is 15.6. The Morgan fingerprint density at radius 3 is 2.48 bits per heavy atom. The first-order valence-electron chi connectivity index (χ1n) is 8.61. The van der Waals surface area contributed by atoms with E-state index in [0.717, 1.165) is 0 Å². The molecule has 2 atom stereocenters. The monoisotopic (exact) mass is 385 g/mol. The lowest BCUT2D eigenvalue weighted by atomic mass is 10.3. The number of para-hydroxylation sites is 1. The minimum atomic E-state index is -3.61. The number of nitrogens with one attached hydrogen (secondary N) is 1. The van der Waals surface area contributed by atoms with Crippen molar-refractivity contribution in [1.29, 1.82) is 0 Å². The molecule has 4 rings (SSSR count). The van der Waals surface area contributed by atoms with Crippen LogP contribution in [0.5, 0.6) is 11.6 Å². The number of ether oxygens (including phenoxy) is 1. The van der Waals surface area contributed by atoms with E-state index in [4.69, 9.17) is 4.74 Å². The molecule has 2 unspecified atom stereocenters. The van der Waals surface area contributed by atoms with Crippen molar-refractivity contribution in [1.82, 2.24) is 14.6 Å². The van der Waals surface area contributed by atoms with Crippen molar-refractivity contribution in [2.75, 3.05) is 13.1 Å². The Bertz CT molecular complexity index is 948. The van der Waals surface area contributed by atoms with Gasteiger partial charge in [0.15, 0.2) is 0 Å². The Hall–Kier alpha value is -2.71. The molecule has 1 aliphatic carbocycles. The second kappa shape index (κ2) is 6.79. The van der Waals surface area contributed by atoms with Crippen LogP contribution in [-0.2, 0) is 14.8 Å². The third-order valence-corrected chi connectivity index (χ3v) is 6.78. The molecule has 2 fully saturated rings. The summed E-state index contributed by atoms with van der Waals surface area (Å²) >= 11 is 0. The highest BCUT2D eigenvalue weighted by molar-refractivity contribution is 7.89. The first kappa shape index (κ1) is 17.7. The first-order chi connectivity index (χ1) is 13.0. The predicted molar refractivity (Wildman–Crippen MR) is 98.6 cm³/mol. The Labute approximate surface area is 157 Å². The highest BCUT2D eigenvalue weighted by Gasteiger charge is 2.58. The molecule has 2 aromatic rings. The number of rotatable bonds is 6. The van der Waals surface area contributed by atoms with Gasteiger partial charge in [-0.1, -0.05) is 24.8 Å². The van der Waals surface area contributed by atoms with Gasteiger partial charge in [-0.05, 0) is 36.1 Å². The summed E-state index contributed by atoms with van der Waals surface area (Å²) in [6.07, 6.45) is 2.54. The average molecular weight is 385 g/mol. The first-order valence-corrected chi connectivity index (χ1v) is 10.0. The van der Waals surface area contributed by atoms with Crippen LogP contribution in [0.3, 0.4) is 0 Å². The molecule has 0 radical (unpaired) electrons. The van der Waals surface area contributed by atoms with Crippen LogP contribution in [0.15, 0.2) is 66.2 Å². The molecule has 2 aliphatic rings. The van der Waals surface area contributed by atoms with Crippen LogP contribution >= 0.6 is 0 Å². The Morgan fingerprint density at radius 1 is 1.19 bits per heavy atom. The van der Waals surface area contributed by atoms with Crippen molar-refractivity contribution in [2.45, 2.75) is 10.9 Å². The van der Waals surface area contributed by atoms with E-state index >= 15 is 0 Å². The number of hydrogen-bond donors (Lipinski definition) is 1. The average Bonchev–Trinajstić information content (AvgIpc) is 3.11. The van der Waals surface area contributed by atoms with Crippen molar-refractivity contribution >= 4 is 15.9 Å². The summed E-state index contributed by atoms with van der Waals surface area (Å²) < 4.78 is 32.6. The number of hydrogen-bond acceptors (Lipinski definition) is 5. The summed E-state index contributed by atoms with van der Waals surface area (Å²) in [5.41, 5.74) is 0. The molecular weight excluding hydrogens is 366 g/mol. The Balaban J connectivity index is 1.40. The fourth-order valence-electron chi connectivity index (χ4n) is 3.46. The van der Waals surface area contributed by atoms with Gasteiger partial charge in [0.05, 0.1) is 6.20 Å². The van der Waals surface area contributed by atoms with Crippen LogP contribution < -0.4 is 10.1 Å². The quantitative estimate of drug-likeness (QED) is 0.766. The van der Waals surface area contributed by atoms with Gasteiger partial charge in [-0.15, -0.1) is 0 Å². The third-order valence-electron chi connectivity index (χ3n) is 4.97. The van der Waals surface area contributed by atoms with Crippen molar-refractivity contribution < 1.29 is 17.9 Å². The van der Waals surface area contributed by atoms with Crippen LogP contribution in [0.2, 0.25) is 0 Å². The van der Waals surface area contributed by atoms with E-state index in [0.29, 0.717) is 24.7 Å². The smallest absolute Gasteiger partial charge is 0.244 e. The second-order valence-electron chi connectivity index (χ2n) is 6.64. The molecule has 1 aromatic carbocycles. The van der Waals surface area contributed by atoms with Gasteiger partial charge in [0.1, 0.15) is 10.6 Å². The van der Waals surface area contributed by atoms with Crippen LogP contribution in [0, 0.1) is 11.8 Å². The van der Waals surface area contributed by atoms with E-state index in [-0.39, 0.29) is 28.7 Å². The number of amides is 1. The summed E-state index contributed by atoms with van der Waals surface area (Å²) in [7, 11) is -3.61. The molecule has 27 heavy (non-hydrogen) atoms. The minimum absolute atomic E-state index is 0.0433. The number of piperidine rings is 1. The molecule has 7 nitrogen and oxygen atoms in total. The zero-order valence-electron chi connectivity index (χ0n) is 14.5. The number of aromatic nitrogens is 1. The number of benzene rings is 1. The number of pyridine rings is 1. The minimum Gasteiger partial charge on any atom is -0.439 e. The lowest BCUT2D eigenvalue weighted by Crippen LogP contribution is -2.37. The van der Waals surface area contributed by atoms with Crippen LogP contribution in [0.1, 0.15) is 0 Å².